The van der Waals surface area contributed by atoms with Crippen LogP contribution in [0.15, 0.2) is 30.3 Å². The van der Waals surface area contributed by atoms with E-state index in [0.29, 0.717) is 6.61 Å². The number of rotatable bonds is 5. The van der Waals surface area contributed by atoms with Gasteiger partial charge in [-0.15, -0.1) is 0 Å². The molecule has 1 aromatic rings. The second-order valence-corrected chi connectivity index (χ2v) is 4.03. The second-order valence-electron chi connectivity index (χ2n) is 4.03. The van der Waals surface area contributed by atoms with Gasteiger partial charge in [0.05, 0.1) is 7.11 Å². The number of carbonyl (C=O) groups is 1. The Hall–Kier alpha value is -1.55. The summed E-state index contributed by atoms with van der Waals surface area (Å²) in [6, 6.07) is 9.61. The van der Waals surface area contributed by atoms with Gasteiger partial charge in [0, 0.05) is 13.1 Å². The number of para-hydroxylation sites is 1. The molecule has 0 amide bonds. The van der Waals surface area contributed by atoms with Gasteiger partial charge in [0.15, 0.2) is 0 Å². The molecule has 17 heavy (non-hydrogen) atoms. The molecule has 1 heterocycles. The van der Waals surface area contributed by atoms with Gasteiger partial charge in [-0.1, -0.05) is 18.2 Å². The van der Waals surface area contributed by atoms with Crippen molar-refractivity contribution in [1.29, 1.82) is 0 Å². The van der Waals surface area contributed by atoms with Gasteiger partial charge in [0.1, 0.15) is 18.4 Å². The minimum Gasteiger partial charge on any atom is -0.492 e. The molecule has 4 nitrogen and oxygen atoms in total. The van der Waals surface area contributed by atoms with Gasteiger partial charge < -0.3 is 9.47 Å². The molecule has 1 aromatic carbocycles. The molecular weight excluding hydrogens is 218 g/mol. The summed E-state index contributed by atoms with van der Waals surface area (Å²) >= 11 is 0. The molecule has 1 saturated heterocycles. The third kappa shape index (κ3) is 2.97. The molecule has 1 aliphatic rings. The monoisotopic (exact) mass is 235 g/mol. The van der Waals surface area contributed by atoms with Crippen molar-refractivity contribution in [3.8, 4) is 5.75 Å². The van der Waals surface area contributed by atoms with Gasteiger partial charge in [-0.2, -0.15) is 0 Å². The fourth-order valence-electron chi connectivity index (χ4n) is 1.91. The lowest BCUT2D eigenvalue weighted by molar-refractivity contribution is -0.152. The summed E-state index contributed by atoms with van der Waals surface area (Å²) in [7, 11) is 1.43. The van der Waals surface area contributed by atoms with E-state index in [0.717, 1.165) is 25.3 Å². The van der Waals surface area contributed by atoms with Crippen LogP contribution in [0.25, 0.3) is 0 Å². The van der Waals surface area contributed by atoms with Crippen LogP contribution in [-0.4, -0.2) is 43.7 Å². The zero-order chi connectivity index (χ0) is 12.1. The van der Waals surface area contributed by atoms with Crippen LogP contribution in [-0.2, 0) is 9.53 Å². The zero-order valence-corrected chi connectivity index (χ0v) is 9.96. The van der Waals surface area contributed by atoms with Crippen LogP contribution >= 0.6 is 0 Å². The van der Waals surface area contributed by atoms with Crippen LogP contribution in [0.2, 0.25) is 0 Å². The molecule has 92 valence electrons. The molecule has 0 aromatic heterocycles. The largest absolute Gasteiger partial charge is 0.492 e. The first-order valence-corrected chi connectivity index (χ1v) is 5.81. The summed E-state index contributed by atoms with van der Waals surface area (Å²) in [5, 5.41) is 0. The van der Waals surface area contributed by atoms with Crippen molar-refractivity contribution in [1.82, 2.24) is 4.90 Å². The van der Waals surface area contributed by atoms with Crippen molar-refractivity contribution in [3.05, 3.63) is 30.3 Å². The Kier molecular flexibility index (Phi) is 3.98. The topological polar surface area (TPSA) is 38.8 Å². The van der Waals surface area contributed by atoms with Crippen LogP contribution in [0.5, 0.6) is 5.75 Å². The fraction of sp³-hybridized carbons (Fsp3) is 0.462. The van der Waals surface area contributed by atoms with Gasteiger partial charge in [-0.3, -0.25) is 9.69 Å². The van der Waals surface area contributed by atoms with E-state index in [9.17, 15) is 4.79 Å². The first-order valence-electron chi connectivity index (χ1n) is 5.81. The fourth-order valence-corrected chi connectivity index (χ4v) is 1.91. The number of esters is 1. The van der Waals surface area contributed by atoms with Crippen molar-refractivity contribution >= 4 is 5.97 Å². The second kappa shape index (κ2) is 5.68. The maximum atomic E-state index is 11.3. The Balaban J connectivity index is 1.71. The third-order valence-corrected chi connectivity index (χ3v) is 2.99. The first-order chi connectivity index (χ1) is 8.31. The van der Waals surface area contributed by atoms with Gasteiger partial charge in [0.2, 0.25) is 0 Å². The summed E-state index contributed by atoms with van der Waals surface area (Å²) in [6.07, 6.45) is 0.887. The molecule has 1 unspecified atom stereocenters. The molecule has 0 N–H and O–H groups in total. The number of likely N-dealkylation sites (tertiary alicyclic amines) is 1. The number of methoxy groups -OCH3 is 1. The molecule has 1 aliphatic heterocycles. The van der Waals surface area contributed by atoms with E-state index in [4.69, 9.17) is 9.47 Å². The minimum atomic E-state index is -0.143. The predicted molar refractivity (Wildman–Crippen MR) is 63.9 cm³/mol. The summed E-state index contributed by atoms with van der Waals surface area (Å²) in [5.41, 5.74) is 0. The van der Waals surface area contributed by atoms with Crippen molar-refractivity contribution < 1.29 is 14.3 Å². The summed E-state index contributed by atoms with van der Waals surface area (Å²) in [5.74, 6) is 0.721. The summed E-state index contributed by atoms with van der Waals surface area (Å²) < 4.78 is 10.3. The number of ether oxygens (including phenoxy) is 2. The Morgan fingerprint density at radius 2 is 2.18 bits per heavy atom. The highest BCUT2D eigenvalue weighted by Crippen LogP contribution is 2.18. The van der Waals surface area contributed by atoms with Gasteiger partial charge in [-0.25, -0.2) is 0 Å². The Morgan fingerprint density at radius 3 is 2.76 bits per heavy atom. The molecule has 1 fully saturated rings. The maximum absolute atomic E-state index is 11.3. The molecule has 0 spiro atoms. The van der Waals surface area contributed by atoms with Gasteiger partial charge >= 0.3 is 5.97 Å². The Bertz CT molecular complexity index is 366. The average Bonchev–Trinajstić information content (AvgIpc) is 2.34. The van der Waals surface area contributed by atoms with E-state index < -0.39 is 0 Å². The quantitative estimate of drug-likeness (QED) is 0.721. The number of carbonyl (C=O) groups excluding carboxylic acids is 1. The molecule has 0 saturated carbocycles. The van der Waals surface area contributed by atoms with Crippen LogP contribution < -0.4 is 4.74 Å². The molecular formula is C13H17NO3. The van der Waals surface area contributed by atoms with Crippen molar-refractivity contribution in [2.45, 2.75) is 12.5 Å². The van der Waals surface area contributed by atoms with E-state index in [2.05, 4.69) is 4.90 Å². The number of hydrogen-bond acceptors (Lipinski definition) is 4. The molecule has 4 heteroatoms. The lowest BCUT2D eigenvalue weighted by atomic mass is 10.0. The van der Waals surface area contributed by atoms with Crippen LogP contribution in [0.1, 0.15) is 6.42 Å². The van der Waals surface area contributed by atoms with Crippen LogP contribution in [0.3, 0.4) is 0 Å². The van der Waals surface area contributed by atoms with Crippen LogP contribution in [0, 0.1) is 0 Å². The van der Waals surface area contributed by atoms with E-state index in [-0.39, 0.29) is 12.0 Å². The standard InChI is InChI=1S/C13H17NO3/c1-16-13(15)12-7-8-14(12)9-10-17-11-5-3-2-4-6-11/h2-6,12H,7-10H2,1H3. The highest BCUT2D eigenvalue weighted by atomic mass is 16.5. The highest BCUT2D eigenvalue weighted by molar-refractivity contribution is 5.76. The third-order valence-electron chi connectivity index (χ3n) is 2.99. The average molecular weight is 235 g/mol. The van der Waals surface area contributed by atoms with Gasteiger partial charge in [0.25, 0.3) is 0 Å². The van der Waals surface area contributed by atoms with E-state index in [1.165, 1.54) is 7.11 Å². The smallest absolute Gasteiger partial charge is 0.323 e. The minimum absolute atomic E-state index is 0.0700. The molecule has 0 radical (unpaired) electrons. The van der Waals surface area contributed by atoms with Crippen LogP contribution in [0.4, 0.5) is 0 Å². The normalized spacial score (nSPS) is 19.5. The molecule has 2 rings (SSSR count). The number of benzene rings is 1. The van der Waals surface area contributed by atoms with Gasteiger partial charge in [-0.05, 0) is 18.6 Å². The van der Waals surface area contributed by atoms with Crippen molar-refractivity contribution in [3.63, 3.8) is 0 Å². The number of hydrogen-bond donors (Lipinski definition) is 0. The maximum Gasteiger partial charge on any atom is 0.323 e. The lowest BCUT2D eigenvalue weighted by Crippen LogP contribution is -2.53. The molecule has 1 atom stereocenters. The lowest BCUT2D eigenvalue weighted by Gasteiger charge is -2.38. The summed E-state index contributed by atoms with van der Waals surface area (Å²) in [4.78, 5) is 13.4. The first kappa shape index (κ1) is 11.9. The molecule has 0 bridgehead atoms. The van der Waals surface area contributed by atoms with E-state index >= 15 is 0 Å². The highest BCUT2D eigenvalue weighted by Gasteiger charge is 2.34. The summed E-state index contributed by atoms with van der Waals surface area (Å²) in [6.45, 7) is 2.30. The SMILES string of the molecule is COC(=O)C1CCN1CCOc1ccccc1. The Morgan fingerprint density at radius 1 is 1.41 bits per heavy atom. The predicted octanol–water partition coefficient (Wildman–Crippen LogP) is 1.31. The molecule has 0 aliphatic carbocycles. The zero-order valence-electron chi connectivity index (χ0n) is 9.96. The van der Waals surface area contributed by atoms with Crippen molar-refractivity contribution in [2.24, 2.45) is 0 Å². The van der Waals surface area contributed by atoms with E-state index in [1.54, 1.807) is 0 Å². The number of nitrogens with zero attached hydrogens (tertiary/aromatic N) is 1. The Labute approximate surface area is 101 Å². The van der Waals surface area contributed by atoms with Crippen molar-refractivity contribution in [2.75, 3.05) is 26.8 Å². The van der Waals surface area contributed by atoms with E-state index in [1.807, 2.05) is 30.3 Å².